The molecule has 96 valence electrons. The number of aromatic nitrogens is 1. The molecule has 2 heterocycles. The molecule has 1 atom stereocenters. The van der Waals surface area contributed by atoms with E-state index in [2.05, 4.69) is 16.0 Å². The van der Waals surface area contributed by atoms with Crippen molar-refractivity contribution in [3.05, 3.63) is 35.9 Å². The number of hydrogen-bond acceptors (Lipinski definition) is 4. The Kier molecular flexibility index (Phi) is 3.06. The molecule has 1 aliphatic rings. The van der Waals surface area contributed by atoms with Gasteiger partial charge in [0.2, 0.25) is 0 Å². The fourth-order valence-corrected chi connectivity index (χ4v) is 2.58. The van der Waals surface area contributed by atoms with Gasteiger partial charge in [-0.3, -0.25) is 0 Å². The summed E-state index contributed by atoms with van der Waals surface area (Å²) in [5, 5.41) is 19.9. The molecule has 4 nitrogen and oxygen atoms in total. The first-order valence-corrected chi connectivity index (χ1v) is 6.51. The SMILES string of the molecule is N#Cc1cc(N2CCC[C@H](O)C2)nc2ccccc12. The number of pyridine rings is 1. The van der Waals surface area contributed by atoms with Crippen LogP contribution >= 0.6 is 0 Å². The minimum Gasteiger partial charge on any atom is -0.391 e. The van der Waals surface area contributed by atoms with E-state index < -0.39 is 0 Å². The normalized spacial score (nSPS) is 19.4. The van der Waals surface area contributed by atoms with Crippen molar-refractivity contribution >= 4 is 16.7 Å². The highest BCUT2D eigenvalue weighted by molar-refractivity contribution is 5.86. The van der Waals surface area contributed by atoms with Crippen LogP contribution in [0.2, 0.25) is 0 Å². The fraction of sp³-hybridized carbons (Fsp3) is 0.333. The lowest BCUT2D eigenvalue weighted by Crippen LogP contribution is -2.38. The van der Waals surface area contributed by atoms with E-state index in [0.29, 0.717) is 12.1 Å². The van der Waals surface area contributed by atoms with E-state index in [1.807, 2.05) is 30.3 Å². The van der Waals surface area contributed by atoms with Crippen molar-refractivity contribution in [2.45, 2.75) is 18.9 Å². The largest absolute Gasteiger partial charge is 0.391 e. The number of aliphatic hydroxyl groups is 1. The van der Waals surface area contributed by atoms with Crippen LogP contribution in [0.5, 0.6) is 0 Å². The van der Waals surface area contributed by atoms with Gasteiger partial charge in [-0.1, -0.05) is 18.2 Å². The second-order valence-electron chi connectivity index (χ2n) is 4.90. The maximum absolute atomic E-state index is 9.75. The zero-order valence-electron chi connectivity index (χ0n) is 10.6. The molecule has 0 saturated carbocycles. The molecular formula is C15H15N3O. The Labute approximate surface area is 111 Å². The third-order valence-corrected chi connectivity index (χ3v) is 3.54. The van der Waals surface area contributed by atoms with Gasteiger partial charge >= 0.3 is 0 Å². The van der Waals surface area contributed by atoms with Crippen molar-refractivity contribution < 1.29 is 5.11 Å². The van der Waals surface area contributed by atoms with Crippen molar-refractivity contribution in [2.24, 2.45) is 0 Å². The quantitative estimate of drug-likeness (QED) is 0.845. The van der Waals surface area contributed by atoms with Crippen LogP contribution in [-0.2, 0) is 0 Å². The minimum atomic E-state index is -0.299. The summed E-state index contributed by atoms with van der Waals surface area (Å²) in [5.41, 5.74) is 1.47. The van der Waals surface area contributed by atoms with E-state index in [1.165, 1.54) is 0 Å². The zero-order chi connectivity index (χ0) is 13.2. The molecule has 1 saturated heterocycles. The maximum Gasteiger partial charge on any atom is 0.130 e. The van der Waals surface area contributed by atoms with Crippen LogP contribution in [0, 0.1) is 11.3 Å². The summed E-state index contributed by atoms with van der Waals surface area (Å²) in [6.45, 7) is 1.48. The smallest absolute Gasteiger partial charge is 0.130 e. The van der Waals surface area contributed by atoms with Crippen LogP contribution in [-0.4, -0.2) is 29.3 Å². The average molecular weight is 253 g/mol. The number of hydrogen-bond donors (Lipinski definition) is 1. The number of piperidine rings is 1. The number of aliphatic hydroxyl groups excluding tert-OH is 1. The van der Waals surface area contributed by atoms with Crippen molar-refractivity contribution in [2.75, 3.05) is 18.0 Å². The molecule has 0 spiro atoms. The van der Waals surface area contributed by atoms with Crippen LogP contribution < -0.4 is 4.90 Å². The van der Waals surface area contributed by atoms with Crippen LogP contribution in [0.3, 0.4) is 0 Å². The minimum absolute atomic E-state index is 0.299. The van der Waals surface area contributed by atoms with Gasteiger partial charge < -0.3 is 10.0 Å². The molecule has 1 aromatic carbocycles. The molecule has 1 aliphatic heterocycles. The van der Waals surface area contributed by atoms with Gasteiger partial charge in [-0.25, -0.2) is 4.98 Å². The predicted molar refractivity (Wildman–Crippen MR) is 73.9 cm³/mol. The van der Waals surface area contributed by atoms with Gasteiger partial charge in [-0.2, -0.15) is 5.26 Å². The maximum atomic E-state index is 9.75. The van der Waals surface area contributed by atoms with Gasteiger partial charge in [0.15, 0.2) is 0 Å². The Morgan fingerprint density at radius 2 is 2.21 bits per heavy atom. The van der Waals surface area contributed by atoms with Crippen LogP contribution in [0.1, 0.15) is 18.4 Å². The summed E-state index contributed by atoms with van der Waals surface area (Å²) >= 11 is 0. The van der Waals surface area contributed by atoms with Gasteiger partial charge in [-0.05, 0) is 25.0 Å². The number of fused-ring (bicyclic) bond motifs is 1. The Balaban J connectivity index is 2.07. The highest BCUT2D eigenvalue weighted by Crippen LogP contribution is 2.24. The van der Waals surface area contributed by atoms with Crippen molar-refractivity contribution in [1.82, 2.24) is 4.98 Å². The second kappa shape index (κ2) is 4.87. The summed E-state index contributed by atoms with van der Waals surface area (Å²) in [7, 11) is 0. The predicted octanol–water partition coefficient (Wildman–Crippen LogP) is 2.07. The van der Waals surface area contributed by atoms with Crippen molar-refractivity contribution in [3.63, 3.8) is 0 Å². The first-order chi connectivity index (χ1) is 9.28. The molecule has 4 heteroatoms. The van der Waals surface area contributed by atoms with E-state index in [1.54, 1.807) is 0 Å². The molecule has 2 aromatic rings. The van der Waals surface area contributed by atoms with Crippen LogP contribution in [0.4, 0.5) is 5.82 Å². The Hall–Kier alpha value is -2.12. The molecule has 1 N–H and O–H groups in total. The van der Waals surface area contributed by atoms with Gasteiger partial charge in [0.05, 0.1) is 23.3 Å². The highest BCUT2D eigenvalue weighted by Gasteiger charge is 2.19. The summed E-state index contributed by atoms with van der Waals surface area (Å²) in [5.74, 6) is 0.786. The van der Waals surface area contributed by atoms with Crippen LogP contribution in [0.25, 0.3) is 10.9 Å². The second-order valence-corrected chi connectivity index (χ2v) is 4.90. The first-order valence-electron chi connectivity index (χ1n) is 6.51. The Bertz CT molecular complexity index is 647. The van der Waals surface area contributed by atoms with E-state index in [0.717, 1.165) is 36.1 Å². The number of rotatable bonds is 1. The third kappa shape index (κ3) is 2.25. The van der Waals surface area contributed by atoms with E-state index >= 15 is 0 Å². The van der Waals surface area contributed by atoms with Gasteiger partial charge in [0.25, 0.3) is 0 Å². The molecule has 0 amide bonds. The lowest BCUT2D eigenvalue weighted by molar-refractivity contribution is 0.154. The summed E-state index contributed by atoms with van der Waals surface area (Å²) < 4.78 is 0. The number of benzene rings is 1. The molecule has 19 heavy (non-hydrogen) atoms. The van der Waals surface area contributed by atoms with E-state index in [9.17, 15) is 10.4 Å². The standard InChI is InChI=1S/C15H15N3O/c16-9-11-8-15(18-7-3-4-12(19)10-18)17-14-6-2-1-5-13(11)14/h1-2,5-6,8,12,19H,3-4,7,10H2/t12-/m0/s1. The Morgan fingerprint density at radius 3 is 3.00 bits per heavy atom. The molecule has 0 unspecified atom stereocenters. The van der Waals surface area contributed by atoms with Gasteiger partial charge in [0, 0.05) is 18.5 Å². The van der Waals surface area contributed by atoms with Gasteiger partial charge in [0.1, 0.15) is 5.82 Å². The number of anilines is 1. The van der Waals surface area contributed by atoms with Crippen molar-refractivity contribution in [1.29, 1.82) is 5.26 Å². The van der Waals surface area contributed by atoms with Crippen molar-refractivity contribution in [3.8, 4) is 6.07 Å². The molecule has 1 fully saturated rings. The van der Waals surface area contributed by atoms with E-state index in [4.69, 9.17) is 0 Å². The summed E-state index contributed by atoms with van der Waals surface area (Å²) in [6, 6.07) is 11.7. The monoisotopic (exact) mass is 253 g/mol. The number of nitriles is 1. The number of para-hydroxylation sites is 1. The number of nitrogens with zero attached hydrogens (tertiary/aromatic N) is 3. The lowest BCUT2D eigenvalue weighted by atomic mass is 10.1. The zero-order valence-corrected chi connectivity index (χ0v) is 10.6. The molecule has 0 aliphatic carbocycles. The fourth-order valence-electron chi connectivity index (χ4n) is 2.58. The highest BCUT2D eigenvalue weighted by atomic mass is 16.3. The summed E-state index contributed by atoms with van der Waals surface area (Å²) in [6.07, 6.45) is 1.50. The molecule has 3 rings (SSSR count). The van der Waals surface area contributed by atoms with Crippen LogP contribution in [0.15, 0.2) is 30.3 Å². The lowest BCUT2D eigenvalue weighted by Gasteiger charge is -2.31. The van der Waals surface area contributed by atoms with Gasteiger partial charge in [-0.15, -0.1) is 0 Å². The molecule has 1 aromatic heterocycles. The molecular weight excluding hydrogens is 238 g/mol. The number of β-amino-alcohol motifs (C(OH)–C–C–N with tert-alkyl or cyclic N) is 1. The third-order valence-electron chi connectivity index (χ3n) is 3.54. The van der Waals surface area contributed by atoms with E-state index in [-0.39, 0.29) is 6.10 Å². The average Bonchev–Trinajstić information content (AvgIpc) is 2.46. The Morgan fingerprint density at radius 1 is 1.37 bits per heavy atom. The molecule has 0 bridgehead atoms. The topological polar surface area (TPSA) is 60.2 Å². The first kappa shape index (κ1) is 11.9. The summed E-state index contributed by atoms with van der Waals surface area (Å²) in [4.78, 5) is 6.66. The molecule has 0 radical (unpaired) electrons.